The Balaban J connectivity index is 2.00. The molecule has 2 aromatic rings. The Labute approximate surface area is 136 Å². The molecule has 5 heteroatoms. The van der Waals surface area contributed by atoms with Crippen LogP contribution in [-0.4, -0.2) is 32.8 Å². The number of carbonyl (C=O) groups excluding carboxylic acids is 1. The van der Waals surface area contributed by atoms with Gasteiger partial charge in [-0.2, -0.15) is 0 Å². The van der Waals surface area contributed by atoms with Gasteiger partial charge in [0.25, 0.3) is 5.91 Å². The SMILES string of the molecule is CCOc1ccccc1NC(=O)c1ccc(OCCOC)cc1. The second-order valence-corrected chi connectivity index (χ2v) is 4.75. The quantitative estimate of drug-likeness (QED) is 0.759. The van der Waals surface area contributed by atoms with Gasteiger partial charge in [-0.15, -0.1) is 0 Å². The Morgan fingerprint density at radius 1 is 1.00 bits per heavy atom. The maximum absolute atomic E-state index is 12.3. The van der Waals surface area contributed by atoms with Crippen LogP contribution in [0.4, 0.5) is 5.69 Å². The summed E-state index contributed by atoms with van der Waals surface area (Å²) in [5.74, 6) is 1.16. The van der Waals surface area contributed by atoms with Crippen molar-refractivity contribution in [2.45, 2.75) is 6.92 Å². The highest BCUT2D eigenvalue weighted by Gasteiger charge is 2.09. The summed E-state index contributed by atoms with van der Waals surface area (Å²) in [6.07, 6.45) is 0. The van der Waals surface area contributed by atoms with E-state index in [0.29, 0.717) is 42.6 Å². The van der Waals surface area contributed by atoms with Gasteiger partial charge in [0.05, 0.1) is 18.9 Å². The predicted octanol–water partition coefficient (Wildman–Crippen LogP) is 3.36. The third kappa shape index (κ3) is 5.00. The van der Waals surface area contributed by atoms with Crippen LogP contribution in [0.3, 0.4) is 0 Å². The topological polar surface area (TPSA) is 56.8 Å². The highest BCUT2D eigenvalue weighted by Crippen LogP contribution is 2.24. The number of hydrogen-bond acceptors (Lipinski definition) is 4. The molecule has 0 spiro atoms. The van der Waals surface area contributed by atoms with Gasteiger partial charge in [-0.25, -0.2) is 0 Å². The molecule has 2 aromatic carbocycles. The minimum Gasteiger partial charge on any atom is -0.492 e. The molecule has 122 valence electrons. The summed E-state index contributed by atoms with van der Waals surface area (Å²) < 4.78 is 15.9. The molecule has 1 N–H and O–H groups in total. The first kappa shape index (κ1) is 16.8. The van der Waals surface area contributed by atoms with E-state index in [2.05, 4.69) is 5.32 Å². The minimum absolute atomic E-state index is 0.194. The number of anilines is 1. The van der Waals surface area contributed by atoms with E-state index in [1.807, 2.05) is 31.2 Å². The molecule has 0 radical (unpaired) electrons. The molecule has 0 aliphatic heterocycles. The number of benzene rings is 2. The van der Waals surface area contributed by atoms with Gasteiger partial charge in [0, 0.05) is 12.7 Å². The van der Waals surface area contributed by atoms with Crippen molar-refractivity contribution < 1.29 is 19.0 Å². The molecule has 0 aliphatic rings. The molecule has 23 heavy (non-hydrogen) atoms. The van der Waals surface area contributed by atoms with Gasteiger partial charge >= 0.3 is 0 Å². The first-order valence-electron chi connectivity index (χ1n) is 7.49. The van der Waals surface area contributed by atoms with Crippen LogP contribution >= 0.6 is 0 Å². The van der Waals surface area contributed by atoms with E-state index >= 15 is 0 Å². The molecule has 0 bridgehead atoms. The fraction of sp³-hybridized carbons (Fsp3) is 0.278. The highest BCUT2D eigenvalue weighted by atomic mass is 16.5. The zero-order valence-corrected chi connectivity index (χ0v) is 13.4. The van der Waals surface area contributed by atoms with Gasteiger partial charge in [0.1, 0.15) is 18.1 Å². The first-order valence-corrected chi connectivity index (χ1v) is 7.49. The van der Waals surface area contributed by atoms with Gasteiger partial charge in [-0.3, -0.25) is 4.79 Å². The van der Waals surface area contributed by atoms with Crippen LogP contribution in [-0.2, 0) is 4.74 Å². The summed E-state index contributed by atoms with van der Waals surface area (Å²) in [6.45, 7) is 3.45. The molecule has 0 aliphatic carbocycles. The molecule has 0 saturated carbocycles. The monoisotopic (exact) mass is 315 g/mol. The highest BCUT2D eigenvalue weighted by molar-refractivity contribution is 6.05. The lowest BCUT2D eigenvalue weighted by atomic mass is 10.2. The molecule has 0 saturated heterocycles. The Bertz CT molecular complexity index is 625. The molecule has 5 nitrogen and oxygen atoms in total. The number of amides is 1. The van der Waals surface area contributed by atoms with Gasteiger partial charge < -0.3 is 19.5 Å². The van der Waals surface area contributed by atoms with E-state index in [-0.39, 0.29) is 5.91 Å². The molecule has 2 rings (SSSR count). The second kappa shape index (κ2) is 8.80. The summed E-state index contributed by atoms with van der Waals surface area (Å²) in [7, 11) is 1.62. The van der Waals surface area contributed by atoms with Crippen LogP contribution < -0.4 is 14.8 Å². The summed E-state index contributed by atoms with van der Waals surface area (Å²) in [4.78, 5) is 12.3. The molecule has 0 heterocycles. The molecular formula is C18H21NO4. The van der Waals surface area contributed by atoms with Gasteiger partial charge in [-0.1, -0.05) is 12.1 Å². The summed E-state index contributed by atoms with van der Waals surface area (Å²) in [6, 6.07) is 14.3. The molecule has 0 atom stereocenters. The predicted molar refractivity (Wildman–Crippen MR) is 89.4 cm³/mol. The second-order valence-electron chi connectivity index (χ2n) is 4.75. The van der Waals surface area contributed by atoms with Crippen molar-refractivity contribution in [1.29, 1.82) is 0 Å². The number of para-hydroxylation sites is 2. The maximum atomic E-state index is 12.3. The van der Waals surface area contributed by atoms with E-state index in [1.54, 1.807) is 31.4 Å². The van der Waals surface area contributed by atoms with Crippen LogP contribution in [0, 0.1) is 0 Å². The van der Waals surface area contributed by atoms with E-state index in [1.165, 1.54) is 0 Å². The molecular weight excluding hydrogens is 294 g/mol. The van der Waals surface area contributed by atoms with Crippen molar-refractivity contribution >= 4 is 11.6 Å². The van der Waals surface area contributed by atoms with Crippen LogP contribution in [0.15, 0.2) is 48.5 Å². The summed E-state index contributed by atoms with van der Waals surface area (Å²) >= 11 is 0. The summed E-state index contributed by atoms with van der Waals surface area (Å²) in [5.41, 5.74) is 1.20. The van der Waals surface area contributed by atoms with Gasteiger partial charge in [-0.05, 0) is 43.3 Å². The largest absolute Gasteiger partial charge is 0.492 e. The van der Waals surface area contributed by atoms with Crippen molar-refractivity contribution in [3.8, 4) is 11.5 Å². The lowest BCUT2D eigenvalue weighted by Crippen LogP contribution is -2.13. The van der Waals surface area contributed by atoms with Crippen molar-refractivity contribution in [2.75, 3.05) is 32.2 Å². The van der Waals surface area contributed by atoms with E-state index < -0.39 is 0 Å². The van der Waals surface area contributed by atoms with E-state index in [0.717, 1.165) is 0 Å². The molecule has 1 amide bonds. The molecule has 0 aromatic heterocycles. The Morgan fingerprint density at radius 2 is 1.74 bits per heavy atom. The van der Waals surface area contributed by atoms with Crippen LogP contribution in [0.25, 0.3) is 0 Å². The zero-order valence-electron chi connectivity index (χ0n) is 13.4. The van der Waals surface area contributed by atoms with Crippen molar-refractivity contribution in [1.82, 2.24) is 0 Å². The Kier molecular flexibility index (Phi) is 6.44. The average Bonchev–Trinajstić information content (AvgIpc) is 2.58. The van der Waals surface area contributed by atoms with Crippen molar-refractivity contribution in [2.24, 2.45) is 0 Å². The Hall–Kier alpha value is -2.53. The Morgan fingerprint density at radius 3 is 2.43 bits per heavy atom. The molecule has 0 fully saturated rings. The lowest BCUT2D eigenvalue weighted by Gasteiger charge is -2.11. The van der Waals surface area contributed by atoms with Crippen LogP contribution in [0.1, 0.15) is 17.3 Å². The third-order valence-corrected chi connectivity index (χ3v) is 3.11. The fourth-order valence-corrected chi connectivity index (χ4v) is 1.99. The van der Waals surface area contributed by atoms with Gasteiger partial charge in [0.15, 0.2) is 0 Å². The number of methoxy groups -OCH3 is 1. The third-order valence-electron chi connectivity index (χ3n) is 3.11. The van der Waals surface area contributed by atoms with Crippen LogP contribution in [0.2, 0.25) is 0 Å². The number of ether oxygens (including phenoxy) is 3. The molecule has 0 unspecified atom stereocenters. The summed E-state index contributed by atoms with van der Waals surface area (Å²) in [5, 5.41) is 2.86. The number of carbonyl (C=O) groups is 1. The number of nitrogens with one attached hydrogen (secondary N) is 1. The first-order chi connectivity index (χ1) is 11.2. The standard InChI is InChI=1S/C18H21NO4/c1-3-22-17-7-5-4-6-16(17)19-18(20)14-8-10-15(11-9-14)23-13-12-21-2/h4-11H,3,12-13H2,1-2H3,(H,19,20). The van der Waals surface area contributed by atoms with E-state index in [4.69, 9.17) is 14.2 Å². The number of rotatable bonds is 8. The average molecular weight is 315 g/mol. The minimum atomic E-state index is -0.194. The number of hydrogen-bond donors (Lipinski definition) is 1. The van der Waals surface area contributed by atoms with Gasteiger partial charge in [0.2, 0.25) is 0 Å². The fourth-order valence-electron chi connectivity index (χ4n) is 1.99. The van der Waals surface area contributed by atoms with Crippen LogP contribution in [0.5, 0.6) is 11.5 Å². The maximum Gasteiger partial charge on any atom is 0.255 e. The van der Waals surface area contributed by atoms with Crippen molar-refractivity contribution in [3.05, 3.63) is 54.1 Å². The van der Waals surface area contributed by atoms with E-state index in [9.17, 15) is 4.79 Å². The normalized spacial score (nSPS) is 10.2. The van der Waals surface area contributed by atoms with Crippen molar-refractivity contribution in [3.63, 3.8) is 0 Å². The smallest absolute Gasteiger partial charge is 0.255 e. The zero-order chi connectivity index (χ0) is 16.5. The lowest BCUT2D eigenvalue weighted by molar-refractivity contribution is 0.102.